The first-order valence-electron chi connectivity index (χ1n) is 6.39. The van der Waals surface area contributed by atoms with E-state index in [9.17, 15) is 9.59 Å². The molecule has 110 valence electrons. The van der Waals surface area contributed by atoms with Gasteiger partial charge < -0.3 is 9.64 Å². The van der Waals surface area contributed by atoms with Crippen LogP contribution in [-0.4, -0.2) is 36.5 Å². The van der Waals surface area contributed by atoms with Crippen molar-refractivity contribution in [2.45, 2.75) is 20.3 Å². The minimum Gasteiger partial charge on any atom is -0.465 e. The molecule has 0 spiro atoms. The summed E-state index contributed by atoms with van der Waals surface area (Å²) < 4.78 is 4.87. The molecule has 1 aromatic carbocycles. The second kappa shape index (κ2) is 8.12. The van der Waals surface area contributed by atoms with E-state index in [1.54, 1.807) is 19.1 Å². The normalized spacial score (nSPS) is 10.2. The molecule has 0 bridgehead atoms. The van der Waals surface area contributed by atoms with Crippen molar-refractivity contribution in [3.05, 3.63) is 33.8 Å². The molecule has 0 fully saturated rings. The molecule has 6 heteroatoms. The zero-order valence-corrected chi connectivity index (χ0v) is 13.0. The highest BCUT2D eigenvalue weighted by atomic mass is 35.5. The van der Waals surface area contributed by atoms with Gasteiger partial charge in [-0.2, -0.15) is 0 Å². The van der Waals surface area contributed by atoms with E-state index in [2.05, 4.69) is 0 Å². The van der Waals surface area contributed by atoms with Crippen LogP contribution in [0.25, 0.3) is 0 Å². The van der Waals surface area contributed by atoms with Crippen LogP contribution in [0, 0.1) is 0 Å². The fourth-order valence-electron chi connectivity index (χ4n) is 1.72. The quantitative estimate of drug-likeness (QED) is 0.755. The number of rotatable bonds is 6. The van der Waals surface area contributed by atoms with Gasteiger partial charge in [0.1, 0.15) is 6.54 Å². The van der Waals surface area contributed by atoms with Crippen molar-refractivity contribution in [2.24, 2.45) is 0 Å². The van der Waals surface area contributed by atoms with Crippen LogP contribution in [-0.2, 0) is 9.53 Å². The maximum atomic E-state index is 12.4. The Labute approximate surface area is 128 Å². The van der Waals surface area contributed by atoms with Crippen LogP contribution >= 0.6 is 23.2 Å². The third-order valence-electron chi connectivity index (χ3n) is 2.56. The number of nitrogens with zero attached hydrogens (tertiary/aromatic N) is 1. The van der Waals surface area contributed by atoms with Crippen LogP contribution in [0.5, 0.6) is 0 Å². The monoisotopic (exact) mass is 317 g/mol. The molecule has 0 saturated heterocycles. The Morgan fingerprint density at radius 3 is 2.55 bits per heavy atom. The average Bonchev–Trinajstić information content (AvgIpc) is 2.40. The molecule has 20 heavy (non-hydrogen) atoms. The summed E-state index contributed by atoms with van der Waals surface area (Å²) in [6, 6.07) is 4.67. The molecule has 0 unspecified atom stereocenters. The number of hydrogen-bond acceptors (Lipinski definition) is 3. The number of carbonyl (C=O) groups excluding carboxylic acids is 2. The summed E-state index contributed by atoms with van der Waals surface area (Å²) in [5.74, 6) is -0.764. The van der Waals surface area contributed by atoms with Gasteiger partial charge in [0.25, 0.3) is 5.91 Å². The standard InChI is InChI=1S/C14H17Cl2NO3/c1-3-7-17(9-13(18)20-4-2)14(19)11-8-10(15)5-6-12(11)16/h5-6,8H,3-4,7,9H2,1-2H3. The molecule has 0 atom stereocenters. The summed E-state index contributed by atoms with van der Waals surface area (Å²) in [5.41, 5.74) is 0.289. The molecule has 0 aliphatic rings. The number of carbonyl (C=O) groups is 2. The summed E-state index contributed by atoms with van der Waals surface area (Å²) in [4.78, 5) is 25.4. The first-order valence-corrected chi connectivity index (χ1v) is 7.15. The third kappa shape index (κ3) is 4.69. The van der Waals surface area contributed by atoms with Crippen LogP contribution < -0.4 is 0 Å². The summed E-state index contributed by atoms with van der Waals surface area (Å²) in [7, 11) is 0. The summed E-state index contributed by atoms with van der Waals surface area (Å²) in [6.45, 7) is 4.28. The second-order valence-corrected chi connectivity index (χ2v) is 5.00. The van der Waals surface area contributed by atoms with Crippen LogP contribution in [0.2, 0.25) is 10.0 Å². The SMILES string of the molecule is CCCN(CC(=O)OCC)C(=O)c1cc(Cl)ccc1Cl. The molecule has 1 aromatic rings. The summed E-state index contributed by atoms with van der Waals surface area (Å²) in [6.07, 6.45) is 0.726. The summed E-state index contributed by atoms with van der Waals surface area (Å²) >= 11 is 11.9. The molecule has 0 aromatic heterocycles. The Balaban J connectivity index is 2.93. The van der Waals surface area contributed by atoms with Crippen molar-refractivity contribution < 1.29 is 14.3 Å². The topological polar surface area (TPSA) is 46.6 Å². The van der Waals surface area contributed by atoms with E-state index in [4.69, 9.17) is 27.9 Å². The molecule has 0 aliphatic carbocycles. The lowest BCUT2D eigenvalue weighted by Gasteiger charge is -2.21. The van der Waals surface area contributed by atoms with Crippen molar-refractivity contribution in [3.63, 3.8) is 0 Å². The molecule has 0 saturated carbocycles. The number of halogens is 2. The number of amides is 1. The highest BCUT2D eigenvalue weighted by molar-refractivity contribution is 6.35. The summed E-state index contributed by atoms with van der Waals surface area (Å²) in [5, 5.41) is 0.731. The van der Waals surface area contributed by atoms with E-state index in [-0.39, 0.29) is 24.6 Å². The lowest BCUT2D eigenvalue weighted by molar-refractivity contribution is -0.143. The molecule has 0 aliphatic heterocycles. The van der Waals surface area contributed by atoms with E-state index >= 15 is 0 Å². The molecular formula is C14H17Cl2NO3. The molecule has 0 N–H and O–H groups in total. The van der Waals surface area contributed by atoms with Crippen molar-refractivity contribution in [1.82, 2.24) is 4.90 Å². The zero-order valence-electron chi connectivity index (χ0n) is 11.5. The molecule has 0 heterocycles. The van der Waals surface area contributed by atoms with Crippen LogP contribution in [0.4, 0.5) is 0 Å². The molecule has 1 amide bonds. The van der Waals surface area contributed by atoms with E-state index < -0.39 is 5.97 Å². The smallest absolute Gasteiger partial charge is 0.325 e. The van der Waals surface area contributed by atoms with Gasteiger partial charge in [-0.25, -0.2) is 0 Å². The van der Waals surface area contributed by atoms with Crippen molar-refractivity contribution in [1.29, 1.82) is 0 Å². The van der Waals surface area contributed by atoms with Gasteiger partial charge in [0.2, 0.25) is 0 Å². The highest BCUT2D eigenvalue weighted by Crippen LogP contribution is 2.22. The van der Waals surface area contributed by atoms with E-state index in [0.29, 0.717) is 16.6 Å². The fraction of sp³-hybridized carbons (Fsp3) is 0.429. The maximum absolute atomic E-state index is 12.4. The number of benzene rings is 1. The van der Waals surface area contributed by atoms with Crippen molar-refractivity contribution >= 4 is 35.1 Å². The number of esters is 1. The van der Waals surface area contributed by atoms with Gasteiger partial charge in [0, 0.05) is 11.6 Å². The molecule has 1 rings (SSSR count). The lowest BCUT2D eigenvalue weighted by atomic mass is 10.2. The first kappa shape index (κ1) is 16.8. The first-order chi connectivity index (χ1) is 9.49. The third-order valence-corrected chi connectivity index (χ3v) is 3.13. The second-order valence-electron chi connectivity index (χ2n) is 4.16. The van der Waals surface area contributed by atoms with E-state index in [0.717, 1.165) is 6.42 Å². The van der Waals surface area contributed by atoms with Crippen molar-refractivity contribution in [2.75, 3.05) is 19.7 Å². The maximum Gasteiger partial charge on any atom is 0.325 e. The van der Waals surface area contributed by atoms with E-state index in [1.807, 2.05) is 6.92 Å². The predicted octanol–water partition coefficient (Wildman–Crippen LogP) is 3.41. The number of ether oxygens (including phenoxy) is 1. The van der Waals surface area contributed by atoms with Gasteiger partial charge >= 0.3 is 5.97 Å². The van der Waals surface area contributed by atoms with Crippen LogP contribution in [0.1, 0.15) is 30.6 Å². The Morgan fingerprint density at radius 1 is 1.25 bits per heavy atom. The average molecular weight is 318 g/mol. The Hall–Kier alpha value is -1.26. The largest absolute Gasteiger partial charge is 0.465 e. The highest BCUT2D eigenvalue weighted by Gasteiger charge is 2.21. The van der Waals surface area contributed by atoms with Gasteiger partial charge in [-0.3, -0.25) is 9.59 Å². The van der Waals surface area contributed by atoms with Crippen LogP contribution in [0.3, 0.4) is 0 Å². The van der Waals surface area contributed by atoms with Gasteiger partial charge in [-0.1, -0.05) is 30.1 Å². The minimum absolute atomic E-state index is 0.0939. The molecule has 4 nitrogen and oxygen atoms in total. The van der Waals surface area contributed by atoms with Crippen LogP contribution in [0.15, 0.2) is 18.2 Å². The zero-order chi connectivity index (χ0) is 15.1. The van der Waals surface area contributed by atoms with Crippen molar-refractivity contribution in [3.8, 4) is 0 Å². The van der Waals surface area contributed by atoms with Gasteiger partial charge in [-0.15, -0.1) is 0 Å². The lowest BCUT2D eigenvalue weighted by Crippen LogP contribution is -2.37. The molecule has 0 radical (unpaired) electrons. The van der Waals surface area contributed by atoms with Gasteiger partial charge in [0.15, 0.2) is 0 Å². The predicted molar refractivity (Wildman–Crippen MR) is 79.3 cm³/mol. The Kier molecular flexibility index (Phi) is 6.82. The van der Waals surface area contributed by atoms with Gasteiger partial charge in [-0.05, 0) is 31.5 Å². The minimum atomic E-state index is -0.438. The fourth-order valence-corrected chi connectivity index (χ4v) is 2.09. The van der Waals surface area contributed by atoms with E-state index in [1.165, 1.54) is 11.0 Å². The molecular weight excluding hydrogens is 301 g/mol. The Bertz CT molecular complexity index is 491. The van der Waals surface area contributed by atoms with Gasteiger partial charge in [0.05, 0.1) is 17.2 Å². The Morgan fingerprint density at radius 2 is 1.95 bits per heavy atom. The number of hydrogen-bond donors (Lipinski definition) is 0.